The number of ether oxygens (including phenoxy) is 1. The number of hydrogen-bond acceptors (Lipinski definition) is 2. The van der Waals surface area contributed by atoms with E-state index in [0.29, 0.717) is 6.61 Å². The van der Waals surface area contributed by atoms with E-state index in [1.54, 1.807) is 0 Å². The Kier molecular flexibility index (Phi) is 5.41. The maximum absolute atomic E-state index is 11.9. The van der Waals surface area contributed by atoms with Crippen LogP contribution in [0.25, 0.3) is 0 Å². The zero-order valence-electron chi connectivity index (χ0n) is 10.4. The molecule has 3 heteroatoms. The molecule has 2 nitrogen and oxygen atoms in total. The fourth-order valence-corrected chi connectivity index (χ4v) is 6.53. The first kappa shape index (κ1) is 13.6. The van der Waals surface area contributed by atoms with Crippen molar-refractivity contribution in [3.05, 3.63) is 35.4 Å². The number of esters is 1. The van der Waals surface area contributed by atoms with Crippen molar-refractivity contribution in [2.24, 2.45) is 0 Å². The number of rotatable bonds is 4. The molecule has 1 unspecified atom stereocenters. The first-order valence-corrected chi connectivity index (χ1v) is 14.4. The van der Waals surface area contributed by atoms with Gasteiger partial charge >= 0.3 is 106 Å². The monoisotopic (exact) mass is 416 g/mol. The van der Waals surface area contributed by atoms with Crippen LogP contribution in [0.4, 0.5) is 0 Å². The zero-order valence-corrected chi connectivity index (χ0v) is 13.8. The second-order valence-corrected chi connectivity index (χ2v) is 13.5. The van der Waals surface area contributed by atoms with Crippen LogP contribution in [0.1, 0.15) is 21.7 Å². The van der Waals surface area contributed by atoms with Crippen molar-refractivity contribution >= 4 is 27.7 Å². The minimum atomic E-state index is -1.72. The number of aryl methyl sites for hydroxylation is 1. The van der Waals surface area contributed by atoms with Crippen LogP contribution in [0.15, 0.2) is 24.3 Å². The topological polar surface area (TPSA) is 26.3 Å². The van der Waals surface area contributed by atoms with Crippen LogP contribution < -0.4 is 0 Å². The van der Waals surface area contributed by atoms with Gasteiger partial charge < -0.3 is 0 Å². The van der Waals surface area contributed by atoms with Crippen molar-refractivity contribution in [1.29, 1.82) is 0 Å². The SMILES string of the molecule is CCOC(=O)[CH](c1ccc(C)cc1)[Bi]([CH3])[CH3]. The molecule has 0 aliphatic carbocycles. The van der Waals surface area contributed by atoms with Crippen molar-refractivity contribution in [2.45, 2.75) is 26.7 Å². The van der Waals surface area contributed by atoms with E-state index >= 15 is 0 Å². The summed E-state index contributed by atoms with van der Waals surface area (Å²) in [6.07, 6.45) is 0. The first-order valence-electron chi connectivity index (χ1n) is 5.46. The Morgan fingerprint density at radius 2 is 1.88 bits per heavy atom. The van der Waals surface area contributed by atoms with Gasteiger partial charge in [-0.2, -0.15) is 0 Å². The zero-order chi connectivity index (χ0) is 12.1. The third kappa shape index (κ3) is 3.55. The van der Waals surface area contributed by atoms with E-state index in [1.165, 1.54) is 5.56 Å². The molecule has 1 aromatic carbocycles. The molecule has 88 valence electrons. The second-order valence-electron chi connectivity index (χ2n) is 4.03. The molecule has 0 saturated carbocycles. The molecule has 0 spiro atoms. The predicted molar refractivity (Wildman–Crippen MR) is 68.0 cm³/mol. The predicted octanol–water partition coefficient (Wildman–Crippen LogP) is 2.94. The quantitative estimate of drug-likeness (QED) is 0.558. The Labute approximate surface area is 106 Å². The molecule has 16 heavy (non-hydrogen) atoms. The Morgan fingerprint density at radius 3 is 2.31 bits per heavy atom. The summed E-state index contributed by atoms with van der Waals surface area (Å²) < 4.78 is 9.71. The standard InChI is InChI=1S/C11H13O2.2CH3.Bi/c1-3-13-11(12)8-10-6-4-9(2)5-7-10;;;/h4-8H,3H2,1-2H3;2*1H3;. The maximum atomic E-state index is 11.9. The number of hydrogen-bond donors (Lipinski definition) is 0. The molecule has 0 aliphatic heterocycles. The van der Waals surface area contributed by atoms with E-state index in [0.717, 1.165) is 5.56 Å². The van der Waals surface area contributed by atoms with Gasteiger partial charge in [0.05, 0.1) is 0 Å². The van der Waals surface area contributed by atoms with Crippen LogP contribution in [0.3, 0.4) is 0 Å². The van der Waals surface area contributed by atoms with Gasteiger partial charge in [0, 0.05) is 0 Å². The summed E-state index contributed by atoms with van der Waals surface area (Å²) in [5, 5.41) is 0. The van der Waals surface area contributed by atoms with Gasteiger partial charge in [0.25, 0.3) is 0 Å². The van der Waals surface area contributed by atoms with Gasteiger partial charge in [0.1, 0.15) is 0 Å². The van der Waals surface area contributed by atoms with E-state index in [-0.39, 0.29) is 9.60 Å². The van der Waals surface area contributed by atoms with Crippen LogP contribution in [0.2, 0.25) is 9.26 Å². The summed E-state index contributed by atoms with van der Waals surface area (Å²) in [7, 11) is 0. The summed E-state index contributed by atoms with van der Waals surface area (Å²) in [6, 6.07) is 8.25. The summed E-state index contributed by atoms with van der Waals surface area (Å²) in [6.45, 7) is 4.39. The third-order valence-corrected chi connectivity index (χ3v) is 8.41. The van der Waals surface area contributed by atoms with Crippen LogP contribution in [-0.2, 0) is 9.53 Å². The molecule has 0 aliphatic rings. The normalized spacial score (nSPS) is 12.6. The number of benzene rings is 1. The van der Waals surface area contributed by atoms with Crippen molar-refractivity contribution in [1.82, 2.24) is 0 Å². The molecule has 0 saturated heterocycles. The molecule has 1 rings (SSSR count). The van der Waals surface area contributed by atoms with Gasteiger partial charge in [-0.15, -0.1) is 0 Å². The molecular formula is C13H19BiO2. The molecule has 0 N–H and O–H groups in total. The van der Waals surface area contributed by atoms with Crippen LogP contribution >= 0.6 is 0 Å². The van der Waals surface area contributed by atoms with E-state index < -0.39 is 21.8 Å². The molecule has 0 radical (unpaired) electrons. The fraction of sp³-hybridized carbons (Fsp3) is 0.462. The van der Waals surface area contributed by atoms with Crippen molar-refractivity contribution in [3.63, 3.8) is 0 Å². The first-order chi connectivity index (χ1) is 7.56. The Bertz CT molecular complexity index is 343. The Balaban J connectivity index is 2.93. The summed E-state index contributed by atoms with van der Waals surface area (Å²) in [4.78, 5) is 11.9. The van der Waals surface area contributed by atoms with Crippen molar-refractivity contribution in [2.75, 3.05) is 6.61 Å². The van der Waals surface area contributed by atoms with E-state index in [2.05, 4.69) is 40.5 Å². The molecule has 0 aromatic heterocycles. The van der Waals surface area contributed by atoms with Gasteiger partial charge in [0.15, 0.2) is 0 Å². The van der Waals surface area contributed by atoms with Crippen LogP contribution in [0, 0.1) is 6.92 Å². The summed E-state index contributed by atoms with van der Waals surface area (Å²) in [5.74, 6) is -0.0332. The van der Waals surface area contributed by atoms with Crippen LogP contribution in [0.5, 0.6) is 0 Å². The molecule has 0 bridgehead atoms. The summed E-state index contributed by atoms with van der Waals surface area (Å²) in [5.41, 5.74) is 2.36. The van der Waals surface area contributed by atoms with Gasteiger partial charge in [0.2, 0.25) is 0 Å². The van der Waals surface area contributed by atoms with Crippen molar-refractivity contribution < 1.29 is 9.53 Å². The average molecular weight is 416 g/mol. The molecule has 1 aromatic rings. The molecule has 0 fully saturated rings. The van der Waals surface area contributed by atoms with E-state index in [4.69, 9.17) is 4.74 Å². The summed E-state index contributed by atoms with van der Waals surface area (Å²) >= 11 is -1.72. The Hall–Kier alpha value is -0.427. The van der Waals surface area contributed by atoms with Crippen LogP contribution in [-0.4, -0.2) is 34.3 Å². The molecule has 0 amide bonds. The van der Waals surface area contributed by atoms with Gasteiger partial charge in [-0.3, -0.25) is 0 Å². The van der Waals surface area contributed by atoms with Gasteiger partial charge in [-0.05, 0) is 0 Å². The Morgan fingerprint density at radius 1 is 1.31 bits per heavy atom. The fourth-order valence-electron chi connectivity index (χ4n) is 1.61. The third-order valence-electron chi connectivity index (χ3n) is 2.42. The van der Waals surface area contributed by atoms with Gasteiger partial charge in [-0.25, -0.2) is 0 Å². The molecule has 1 atom stereocenters. The average Bonchev–Trinajstić information content (AvgIpc) is 2.21. The number of carbonyl (C=O) groups is 1. The second kappa shape index (κ2) is 6.34. The minimum absolute atomic E-state index is 0.0332. The molecule has 0 heterocycles. The molecular weight excluding hydrogens is 397 g/mol. The van der Waals surface area contributed by atoms with E-state index in [9.17, 15) is 4.79 Å². The number of carbonyl (C=O) groups excluding carboxylic acids is 1. The van der Waals surface area contributed by atoms with E-state index in [1.807, 2.05) is 6.92 Å². The van der Waals surface area contributed by atoms with Crippen molar-refractivity contribution in [3.8, 4) is 0 Å². The van der Waals surface area contributed by atoms with Gasteiger partial charge in [-0.1, -0.05) is 0 Å².